The molecule has 2 rings (SSSR count). The molecule has 0 heterocycles. The zero-order chi connectivity index (χ0) is 15.1. The molecule has 1 saturated carbocycles. The predicted molar refractivity (Wildman–Crippen MR) is 87.3 cm³/mol. The van der Waals surface area contributed by atoms with Gasteiger partial charge in [-0.3, -0.25) is 4.79 Å². The van der Waals surface area contributed by atoms with Gasteiger partial charge >= 0.3 is 0 Å². The minimum atomic E-state index is -0.0990. The highest BCUT2D eigenvalue weighted by molar-refractivity contribution is 9.10. The summed E-state index contributed by atoms with van der Waals surface area (Å²) < 4.78 is 0.942. The molecule has 0 spiro atoms. The summed E-state index contributed by atoms with van der Waals surface area (Å²) in [5.74, 6) is 0.449. The predicted octanol–water partition coefficient (Wildman–Crippen LogP) is 3.49. The van der Waals surface area contributed by atoms with Gasteiger partial charge in [0.15, 0.2) is 6.61 Å². The first kappa shape index (κ1) is 16.0. The minimum Gasteiger partial charge on any atom is -0.386 e. The van der Waals surface area contributed by atoms with Crippen molar-refractivity contribution in [1.29, 1.82) is 0 Å². The molecule has 0 saturated heterocycles. The maximum Gasteiger partial charge on any atom is 0.261 e. The second kappa shape index (κ2) is 8.17. The standard InChI is InChI=1S/C16H21BrN2O2/c1-12-6-2-5-9-15(12)19-16(20)11-21-18-10-13-7-3-4-8-14(13)17/h3-4,7-8,10,12,15H,2,5-6,9,11H2,1H3,(H,19,20)/b18-10-/t12-,15-/m0/s1. The number of halogens is 1. The quantitative estimate of drug-likeness (QED) is 0.651. The summed E-state index contributed by atoms with van der Waals surface area (Å²) >= 11 is 3.42. The topological polar surface area (TPSA) is 50.7 Å². The van der Waals surface area contributed by atoms with Gasteiger partial charge in [-0.2, -0.15) is 0 Å². The lowest BCUT2D eigenvalue weighted by Crippen LogP contribution is -2.42. The summed E-state index contributed by atoms with van der Waals surface area (Å²) in [4.78, 5) is 16.9. The zero-order valence-electron chi connectivity index (χ0n) is 12.2. The van der Waals surface area contributed by atoms with Crippen LogP contribution in [0.15, 0.2) is 33.9 Å². The molecule has 0 unspecified atom stereocenters. The van der Waals surface area contributed by atoms with Crippen molar-refractivity contribution in [2.75, 3.05) is 6.61 Å². The highest BCUT2D eigenvalue weighted by atomic mass is 79.9. The van der Waals surface area contributed by atoms with E-state index in [4.69, 9.17) is 4.84 Å². The van der Waals surface area contributed by atoms with E-state index < -0.39 is 0 Å². The first-order valence-corrected chi connectivity index (χ1v) is 8.15. The summed E-state index contributed by atoms with van der Waals surface area (Å²) in [6.07, 6.45) is 6.30. The molecule has 5 heteroatoms. The van der Waals surface area contributed by atoms with Gasteiger partial charge in [-0.05, 0) is 24.8 Å². The van der Waals surface area contributed by atoms with Crippen molar-refractivity contribution in [1.82, 2.24) is 5.32 Å². The number of hydrogen-bond donors (Lipinski definition) is 1. The average Bonchev–Trinajstić information content (AvgIpc) is 2.48. The molecule has 2 atom stereocenters. The van der Waals surface area contributed by atoms with Crippen LogP contribution in [0, 0.1) is 5.92 Å². The normalized spacial score (nSPS) is 22.2. The smallest absolute Gasteiger partial charge is 0.261 e. The lowest BCUT2D eigenvalue weighted by atomic mass is 9.86. The van der Waals surface area contributed by atoms with Gasteiger partial charge in [0, 0.05) is 16.1 Å². The van der Waals surface area contributed by atoms with Crippen molar-refractivity contribution in [3.8, 4) is 0 Å². The van der Waals surface area contributed by atoms with Crippen LogP contribution in [0.5, 0.6) is 0 Å². The molecule has 1 amide bonds. The number of amides is 1. The summed E-state index contributed by atoms with van der Waals surface area (Å²) in [5.41, 5.74) is 0.916. The molecule has 4 nitrogen and oxygen atoms in total. The number of benzene rings is 1. The molecule has 1 aromatic rings. The van der Waals surface area contributed by atoms with Gasteiger partial charge in [0.05, 0.1) is 6.21 Å². The van der Waals surface area contributed by atoms with Crippen molar-refractivity contribution in [3.05, 3.63) is 34.3 Å². The van der Waals surface area contributed by atoms with Crippen LogP contribution >= 0.6 is 15.9 Å². The molecular formula is C16H21BrN2O2. The van der Waals surface area contributed by atoms with Crippen LogP contribution in [0.3, 0.4) is 0 Å². The Bertz CT molecular complexity index is 505. The van der Waals surface area contributed by atoms with Crippen molar-refractivity contribution < 1.29 is 9.63 Å². The summed E-state index contributed by atoms with van der Waals surface area (Å²) in [6, 6.07) is 7.98. The lowest BCUT2D eigenvalue weighted by molar-refractivity contribution is -0.126. The van der Waals surface area contributed by atoms with E-state index >= 15 is 0 Å². The maximum absolute atomic E-state index is 11.8. The van der Waals surface area contributed by atoms with Crippen LogP contribution in [0.25, 0.3) is 0 Å². The third kappa shape index (κ3) is 5.16. The highest BCUT2D eigenvalue weighted by Gasteiger charge is 2.22. The molecule has 114 valence electrons. The van der Waals surface area contributed by atoms with Crippen LogP contribution in [0.2, 0.25) is 0 Å². The van der Waals surface area contributed by atoms with E-state index in [2.05, 4.69) is 33.3 Å². The number of carbonyl (C=O) groups excluding carboxylic acids is 1. The van der Waals surface area contributed by atoms with Crippen LogP contribution in [0.1, 0.15) is 38.2 Å². The van der Waals surface area contributed by atoms with Crippen LogP contribution in [-0.4, -0.2) is 24.8 Å². The largest absolute Gasteiger partial charge is 0.386 e. The molecule has 0 aromatic heterocycles. The molecular weight excluding hydrogens is 332 g/mol. The summed E-state index contributed by atoms with van der Waals surface area (Å²) in [7, 11) is 0. The first-order valence-electron chi connectivity index (χ1n) is 7.36. The Labute approximate surface area is 134 Å². The van der Waals surface area contributed by atoms with Gasteiger partial charge in [-0.15, -0.1) is 0 Å². The number of nitrogens with one attached hydrogen (secondary N) is 1. The second-order valence-corrected chi connectivity index (χ2v) is 6.32. The van der Waals surface area contributed by atoms with E-state index in [1.54, 1.807) is 6.21 Å². The Balaban J connectivity index is 1.73. The lowest BCUT2D eigenvalue weighted by Gasteiger charge is -2.29. The Morgan fingerprint density at radius 2 is 2.19 bits per heavy atom. The maximum atomic E-state index is 11.8. The van der Waals surface area contributed by atoms with Crippen molar-refractivity contribution in [2.24, 2.45) is 11.1 Å². The molecule has 0 aliphatic heterocycles. The van der Waals surface area contributed by atoms with E-state index in [1.165, 1.54) is 19.3 Å². The fourth-order valence-electron chi connectivity index (χ4n) is 2.55. The monoisotopic (exact) mass is 352 g/mol. The van der Waals surface area contributed by atoms with Crippen LogP contribution in [-0.2, 0) is 9.63 Å². The number of oxime groups is 1. The molecule has 1 aliphatic carbocycles. The van der Waals surface area contributed by atoms with Gasteiger partial charge in [0.2, 0.25) is 0 Å². The Hall–Kier alpha value is -1.36. The molecule has 1 N–H and O–H groups in total. The zero-order valence-corrected chi connectivity index (χ0v) is 13.8. The first-order chi connectivity index (χ1) is 10.2. The summed E-state index contributed by atoms with van der Waals surface area (Å²) in [5, 5.41) is 6.87. The average molecular weight is 353 g/mol. The van der Waals surface area contributed by atoms with E-state index in [0.717, 1.165) is 16.5 Å². The van der Waals surface area contributed by atoms with Crippen molar-refractivity contribution >= 4 is 28.1 Å². The van der Waals surface area contributed by atoms with Crippen molar-refractivity contribution in [3.63, 3.8) is 0 Å². The van der Waals surface area contributed by atoms with Gasteiger partial charge in [-0.25, -0.2) is 0 Å². The number of hydrogen-bond acceptors (Lipinski definition) is 3. The van der Waals surface area contributed by atoms with Gasteiger partial charge in [0.1, 0.15) is 0 Å². The Morgan fingerprint density at radius 1 is 1.43 bits per heavy atom. The molecule has 1 fully saturated rings. The minimum absolute atomic E-state index is 0.0375. The molecule has 21 heavy (non-hydrogen) atoms. The second-order valence-electron chi connectivity index (χ2n) is 5.47. The van der Waals surface area contributed by atoms with E-state index in [9.17, 15) is 4.79 Å². The Morgan fingerprint density at radius 3 is 2.95 bits per heavy atom. The molecule has 1 aliphatic rings. The van der Waals surface area contributed by atoms with Gasteiger partial charge < -0.3 is 10.2 Å². The van der Waals surface area contributed by atoms with E-state index in [-0.39, 0.29) is 18.6 Å². The van der Waals surface area contributed by atoms with Crippen LogP contribution < -0.4 is 5.32 Å². The number of nitrogens with zero attached hydrogens (tertiary/aromatic N) is 1. The summed E-state index contributed by atoms with van der Waals surface area (Å²) in [6.45, 7) is 2.15. The van der Waals surface area contributed by atoms with Crippen LogP contribution in [0.4, 0.5) is 0 Å². The third-order valence-electron chi connectivity index (χ3n) is 3.83. The van der Waals surface area contributed by atoms with Crippen molar-refractivity contribution in [2.45, 2.75) is 38.6 Å². The fourth-order valence-corrected chi connectivity index (χ4v) is 2.94. The Kier molecular flexibility index (Phi) is 6.23. The van der Waals surface area contributed by atoms with E-state index in [0.29, 0.717) is 5.92 Å². The third-order valence-corrected chi connectivity index (χ3v) is 4.55. The molecule has 0 radical (unpaired) electrons. The fraction of sp³-hybridized carbons (Fsp3) is 0.500. The SMILES string of the molecule is C[C@H]1CCCC[C@@H]1NC(=O)CO/N=C\c1ccccc1Br. The number of rotatable bonds is 5. The molecule has 1 aromatic carbocycles. The highest BCUT2D eigenvalue weighted by Crippen LogP contribution is 2.23. The van der Waals surface area contributed by atoms with Gasteiger partial charge in [0.25, 0.3) is 5.91 Å². The molecule has 0 bridgehead atoms. The number of carbonyl (C=O) groups is 1. The van der Waals surface area contributed by atoms with E-state index in [1.807, 2.05) is 24.3 Å². The van der Waals surface area contributed by atoms with Gasteiger partial charge in [-0.1, -0.05) is 59.1 Å².